The van der Waals surface area contributed by atoms with Crippen LogP contribution < -0.4 is 30.4 Å². The van der Waals surface area contributed by atoms with E-state index in [0.717, 1.165) is 0 Å². The second-order valence-electron chi connectivity index (χ2n) is 9.55. The lowest BCUT2D eigenvalue weighted by Crippen LogP contribution is -2.23. The predicted octanol–water partition coefficient (Wildman–Crippen LogP) is 2.60. The van der Waals surface area contributed by atoms with E-state index < -0.39 is 20.0 Å². The molecule has 4 aromatic carbocycles. The zero-order valence-corrected chi connectivity index (χ0v) is 25.5. The van der Waals surface area contributed by atoms with Crippen molar-refractivity contribution in [2.45, 2.75) is 22.9 Å². The minimum Gasteiger partial charge on any atom is -0.467 e. The number of nitrogen functional groups attached to an aromatic ring is 2. The number of hydrogen-bond acceptors (Lipinski definition) is 9. The standard InChI is InChI=1S/C30H32N6O7S2/c31-29(32)23-3-1-5-27(15-23)44(37,38)35-17-21-7-11-25(12-8-21)42-19-41-20-43-26-13-9-22(10-14-26)18-36-45(39,40)28-6-2-4-24(16-28)30(33)34/h1-16,35-36H,17-20H2,(H3,31,32)(H3,33,34). The number of rotatable bonds is 16. The molecular formula is C30H32N6O7S2. The average Bonchev–Trinajstić information content (AvgIpc) is 3.04. The molecule has 0 aliphatic carbocycles. The molecule has 0 aliphatic rings. The van der Waals surface area contributed by atoms with Gasteiger partial charge >= 0.3 is 0 Å². The number of nitrogens with two attached hydrogens (primary N) is 2. The number of ether oxygens (including phenoxy) is 3. The van der Waals surface area contributed by atoms with Gasteiger partial charge in [-0.25, -0.2) is 26.3 Å². The first-order valence-electron chi connectivity index (χ1n) is 13.3. The zero-order chi connectivity index (χ0) is 32.5. The van der Waals surface area contributed by atoms with Crippen LogP contribution in [0.5, 0.6) is 11.5 Å². The highest BCUT2D eigenvalue weighted by Gasteiger charge is 2.16. The summed E-state index contributed by atoms with van der Waals surface area (Å²) in [4.78, 5) is 0.0327. The molecule has 4 rings (SSSR count). The van der Waals surface area contributed by atoms with E-state index in [-0.39, 0.29) is 48.1 Å². The van der Waals surface area contributed by atoms with Gasteiger partial charge in [0, 0.05) is 24.2 Å². The van der Waals surface area contributed by atoms with Crippen molar-refractivity contribution < 1.29 is 31.0 Å². The normalized spacial score (nSPS) is 11.6. The van der Waals surface area contributed by atoms with E-state index in [1.807, 2.05) is 0 Å². The summed E-state index contributed by atoms with van der Waals surface area (Å²) in [5, 5.41) is 15.0. The summed E-state index contributed by atoms with van der Waals surface area (Å²) in [5.41, 5.74) is 12.9. The number of amidine groups is 2. The summed E-state index contributed by atoms with van der Waals surface area (Å²) in [6.45, 7) is -0.0832. The molecule has 0 bridgehead atoms. The van der Waals surface area contributed by atoms with Crippen LogP contribution in [0, 0.1) is 10.8 Å². The Balaban J connectivity index is 1.16. The number of hydrogen-bond donors (Lipinski definition) is 6. The van der Waals surface area contributed by atoms with Crippen LogP contribution in [0.3, 0.4) is 0 Å². The van der Waals surface area contributed by atoms with Gasteiger partial charge in [0.1, 0.15) is 23.2 Å². The molecule has 0 saturated heterocycles. The fourth-order valence-electron chi connectivity index (χ4n) is 3.85. The highest BCUT2D eigenvalue weighted by atomic mass is 32.2. The van der Waals surface area contributed by atoms with Crippen molar-refractivity contribution in [2.75, 3.05) is 13.6 Å². The lowest BCUT2D eigenvalue weighted by atomic mass is 10.2. The van der Waals surface area contributed by atoms with Crippen molar-refractivity contribution in [2.24, 2.45) is 11.5 Å². The molecule has 0 fully saturated rings. The smallest absolute Gasteiger partial charge is 0.240 e. The fourth-order valence-corrected chi connectivity index (χ4v) is 5.97. The Morgan fingerprint density at radius 2 is 0.978 bits per heavy atom. The summed E-state index contributed by atoms with van der Waals surface area (Å²) in [6, 6.07) is 25.3. The van der Waals surface area contributed by atoms with E-state index in [1.54, 1.807) is 60.7 Å². The minimum atomic E-state index is -3.80. The molecule has 15 heteroatoms. The van der Waals surface area contributed by atoms with Gasteiger partial charge in [-0.05, 0) is 59.7 Å². The van der Waals surface area contributed by atoms with E-state index in [4.69, 9.17) is 36.5 Å². The Labute approximate surface area is 261 Å². The van der Waals surface area contributed by atoms with Gasteiger partial charge in [-0.3, -0.25) is 10.8 Å². The Bertz CT molecular complexity index is 1730. The first kappa shape index (κ1) is 33.1. The van der Waals surface area contributed by atoms with Crippen LogP contribution in [0.25, 0.3) is 0 Å². The molecule has 0 saturated carbocycles. The first-order chi connectivity index (χ1) is 21.4. The molecule has 45 heavy (non-hydrogen) atoms. The van der Waals surface area contributed by atoms with Crippen LogP contribution in [-0.2, 0) is 37.9 Å². The van der Waals surface area contributed by atoms with Crippen LogP contribution in [0.2, 0.25) is 0 Å². The highest BCUT2D eigenvalue weighted by Crippen LogP contribution is 2.17. The molecule has 0 spiro atoms. The van der Waals surface area contributed by atoms with Gasteiger partial charge in [0.05, 0.1) is 9.79 Å². The van der Waals surface area contributed by atoms with Gasteiger partial charge in [-0.2, -0.15) is 0 Å². The van der Waals surface area contributed by atoms with Gasteiger partial charge in [0.25, 0.3) is 0 Å². The van der Waals surface area contributed by atoms with E-state index in [0.29, 0.717) is 33.8 Å². The predicted molar refractivity (Wildman–Crippen MR) is 168 cm³/mol. The van der Waals surface area contributed by atoms with Crippen molar-refractivity contribution >= 4 is 31.7 Å². The number of benzene rings is 4. The van der Waals surface area contributed by atoms with Gasteiger partial charge in [-0.15, -0.1) is 0 Å². The van der Waals surface area contributed by atoms with Crippen LogP contribution in [0.4, 0.5) is 0 Å². The molecule has 0 atom stereocenters. The summed E-state index contributed by atoms with van der Waals surface area (Å²) < 4.78 is 71.9. The summed E-state index contributed by atoms with van der Waals surface area (Å²) >= 11 is 0. The van der Waals surface area contributed by atoms with Crippen molar-refractivity contribution in [3.8, 4) is 11.5 Å². The third-order valence-corrected chi connectivity index (χ3v) is 9.11. The quantitative estimate of drug-likeness (QED) is 0.0453. The van der Waals surface area contributed by atoms with E-state index in [2.05, 4.69) is 9.44 Å². The Kier molecular flexibility index (Phi) is 10.9. The molecule has 0 unspecified atom stereocenters. The van der Waals surface area contributed by atoms with Crippen LogP contribution in [0.1, 0.15) is 22.3 Å². The highest BCUT2D eigenvalue weighted by molar-refractivity contribution is 7.89. The molecule has 13 nitrogen and oxygen atoms in total. The van der Waals surface area contributed by atoms with E-state index in [9.17, 15) is 16.8 Å². The monoisotopic (exact) mass is 652 g/mol. The maximum absolute atomic E-state index is 12.6. The van der Waals surface area contributed by atoms with E-state index >= 15 is 0 Å². The van der Waals surface area contributed by atoms with Crippen molar-refractivity contribution in [3.05, 3.63) is 119 Å². The van der Waals surface area contributed by atoms with Crippen molar-refractivity contribution in [3.63, 3.8) is 0 Å². The summed E-state index contributed by atoms with van der Waals surface area (Å²) in [5.74, 6) is 0.583. The molecule has 0 aromatic heterocycles. The molecule has 0 amide bonds. The van der Waals surface area contributed by atoms with Crippen molar-refractivity contribution in [1.82, 2.24) is 9.44 Å². The Hall–Kier alpha value is -4.80. The third kappa shape index (κ3) is 9.59. The van der Waals surface area contributed by atoms with Gasteiger partial charge in [0.15, 0.2) is 13.6 Å². The molecule has 0 aliphatic heterocycles. The lowest BCUT2D eigenvalue weighted by Gasteiger charge is -2.11. The molecule has 0 heterocycles. The molecule has 0 radical (unpaired) electrons. The maximum atomic E-state index is 12.6. The van der Waals surface area contributed by atoms with Gasteiger partial charge < -0.3 is 25.7 Å². The van der Waals surface area contributed by atoms with Crippen LogP contribution >= 0.6 is 0 Å². The van der Waals surface area contributed by atoms with Crippen LogP contribution in [0.15, 0.2) is 107 Å². The maximum Gasteiger partial charge on any atom is 0.240 e. The summed E-state index contributed by atoms with van der Waals surface area (Å²) in [7, 11) is -7.60. The molecule has 4 aromatic rings. The second kappa shape index (κ2) is 14.8. The minimum absolute atomic E-state index is 0.0163. The Morgan fingerprint density at radius 1 is 0.600 bits per heavy atom. The number of nitrogens with one attached hydrogen (secondary N) is 4. The topological polar surface area (TPSA) is 220 Å². The number of sulfonamides is 2. The summed E-state index contributed by atoms with van der Waals surface area (Å²) in [6.07, 6.45) is 0. The average molecular weight is 653 g/mol. The SMILES string of the molecule is N=C(N)c1cccc(S(=O)(=O)NCc2ccc(OCOCOc3ccc(CNS(=O)(=O)c4cccc(C(=N)N)c4)cc3)cc2)c1. The third-order valence-electron chi connectivity index (χ3n) is 6.31. The lowest BCUT2D eigenvalue weighted by molar-refractivity contribution is -0.0536. The molecule has 236 valence electrons. The van der Waals surface area contributed by atoms with Crippen LogP contribution in [-0.4, -0.2) is 42.1 Å². The second-order valence-corrected chi connectivity index (χ2v) is 13.1. The fraction of sp³-hybridized carbons (Fsp3) is 0.133. The molecular weight excluding hydrogens is 620 g/mol. The molecule has 8 N–H and O–H groups in total. The van der Waals surface area contributed by atoms with E-state index in [1.165, 1.54) is 36.4 Å². The van der Waals surface area contributed by atoms with Gasteiger partial charge in [-0.1, -0.05) is 48.5 Å². The first-order valence-corrected chi connectivity index (χ1v) is 16.3. The Morgan fingerprint density at radius 3 is 1.33 bits per heavy atom. The largest absolute Gasteiger partial charge is 0.467 e. The van der Waals surface area contributed by atoms with Crippen molar-refractivity contribution in [1.29, 1.82) is 10.8 Å². The zero-order valence-electron chi connectivity index (χ0n) is 23.9. The van der Waals surface area contributed by atoms with Gasteiger partial charge in [0.2, 0.25) is 20.0 Å².